The van der Waals surface area contributed by atoms with Gasteiger partial charge in [-0.2, -0.15) is 0 Å². The molecule has 0 heterocycles. The molecule has 0 spiro atoms. The van der Waals surface area contributed by atoms with Crippen LogP contribution in [-0.2, 0) is 0 Å². The number of nitrogens with one attached hydrogen (secondary N) is 1. The van der Waals surface area contributed by atoms with Crippen molar-refractivity contribution in [2.45, 2.75) is 39.2 Å². The molecule has 0 amide bonds. The van der Waals surface area contributed by atoms with Crippen LogP contribution in [0.25, 0.3) is 0 Å². The molecule has 1 aromatic carbocycles. The smallest absolute Gasteiger partial charge is 0.167 e. The van der Waals surface area contributed by atoms with Crippen LogP contribution in [0.4, 0.5) is 10.1 Å². The zero-order chi connectivity index (χ0) is 12.2. The molecule has 0 atom stereocenters. The van der Waals surface area contributed by atoms with Crippen molar-refractivity contribution in [3.05, 3.63) is 24.0 Å². The van der Waals surface area contributed by atoms with Gasteiger partial charge in [0.1, 0.15) is 0 Å². The number of hydrogen-bond donors (Lipinski definition) is 1. The Labute approximate surface area is 96.8 Å². The van der Waals surface area contributed by atoms with Crippen LogP contribution >= 0.6 is 0 Å². The van der Waals surface area contributed by atoms with Crippen LogP contribution in [-0.4, -0.2) is 12.6 Å². The number of benzene rings is 1. The van der Waals surface area contributed by atoms with Crippen molar-refractivity contribution in [2.75, 3.05) is 12.4 Å². The first-order valence-corrected chi connectivity index (χ1v) is 5.60. The molecule has 0 aliphatic carbocycles. The second-order valence-corrected chi connectivity index (χ2v) is 4.61. The Morgan fingerprint density at radius 1 is 1.38 bits per heavy atom. The first-order chi connectivity index (χ1) is 7.48. The standard InChI is InChI=1S/C13H20FNO/c1-5-8-13(2,3)15-10-6-7-12(16-4)11(14)9-10/h6-7,9,15H,5,8H2,1-4H3. The maximum atomic E-state index is 13.4. The predicted molar refractivity (Wildman–Crippen MR) is 65.6 cm³/mol. The second kappa shape index (κ2) is 5.19. The Hall–Kier alpha value is -1.25. The Morgan fingerprint density at radius 3 is 2.56 bits per heavy atom. The highest BCUT2D eigenvalue weighted by atomic mass is 19.1. The van der Waals surface area contributed by atoms with Gasteiger partial charge in [-0.05, 0) is 32.4 Å². The monoisotopic (exact) mass is 225 g/mol. The molecule has 0 aromatic heterocycles. The van der Waals surface area contributed by atoms with E-state index in [1.807, 2.05) is 6.07 Å². The van der Waals surface area contributed by atoms with E-state index in [1.54, 1.807) is 6.07 Å². The van der Waals surface area contributed by atoms with Gasteiger partial charge in [0.25, 0.3) is 0 Å². The summed E-state index contributed by atoms with van der Waals surface area (Å²) in [6.07, 6.45) is 2.14. The summed E-state index contributed by atoms with van der Waals surface area (Å²) in [5.74, 6) is -0.0568. The maximum absolute atomic E-state index is 13.4. The van der Waals surface area contributed by atoms with Crippen LogP contribution in [0.15, 0.2) is 18.2 Å². The molecule has 0 bridgehead atoms. The summed E-state index contributed by atoms with van der Waals surface area (Å²) in [5.41, 5.74) is 0.771. The van der Waals surface area contributed by atoms with Crippen molar-refractivity contribution in [2.24, 2.45) is 0 Å². The molecule has 0 unspecified atom stereocenters. The molecule has 2 nitrogen and oxygen atoms in total. The highest BCUT2D eigenvalue weighted by Crippen LogP contribution is 2.24. The molecule has 0 aliphatic rings. The molecule has 0 saturated heterocycles. The third-order valence-electron chi connectivity index (χ3n) is 2.51. The lowest BCUT2D eigenvalue weighted by Crippen LogP contribution is -2.30. The Kier molecular flexibility index (Phi) is 4.16. The quantitative estimate of drug-likeness (QED) is 0.822. The minimum atomic E-state index is -0.334. The van der Waals surface area contributed by atoms with Crippen LogP contribution < -0.4 is 10.1 Å². The maximum Gasteiger partial charge on any atom is 0.167 e. The summed E-state index contributed by atoms with van der Waals surface area (Å²) in [5, 5.41) is 3.32. The summed E-state index contributed by atoms with van der Waals surface area (Å²) in [6, 6.07) is 4.94. The molecule has 0 fully saturated rings. The summed E-state index contributed by atoms with van der Waals surface area (Å²) in [7, 11) is 1.46. The van der Waals surface area contributed by atoms with Crippen LogP contribution in [0, 0.1) is 5.82 Å². The van der Waals surface area contributed by atoms with Crippen molar-refractivity contribution in [3.8, 4) is 5.75 Å². The van der Waals surface area contributed by atoms with Gasteiger partial charge in [-0.15, -0.1) is 0 Å². The van der Waals surface area contributed by atoms with Crippen LogP contribution in [0.1, 0.15) is 33.6 Å². The summed E-state index contributed by atoms with van der Waals surface area (Å²) >= 11 is 0. The Morgan fingerprint density at radius 2 is 2.06 bits per heavy atom. The first kappa shape index (κ1) is 12.8. The number of hydrogen-bond acceptors (Lipinski definition) is 2. The van der Waals surface area contributed by atoms with E-state index < -0.39 is 0 Å². The van der Waals surface area contributed by atoms with E-state index in [1.165, 1.54) is 13.2 Å². The third kappa shape index (κ3) is 3.40. The zero-order valence-corrected chi connectivity index (χ0v) is 10.4. The van der Waals surface area contributed by atoms with Gasteiger partial charge in [-0.1, -0.05) is 13.3 Å². The van der Waals surface area contributed by atoms with Crippen molar-refractivity contribution in [1.82, 2.24) is 0 Å². The topological polar surface area (TPSA) is 21.3 Å². The average molecular weight is 225 g/mol. The van der Waals surface area contributed by atoms with Crippen molar-refractivity contribution < 1.29 is 9.13 Å². The second-order valence-electron chi connectivity index (χ2n) is 4.61. The molecule has 1 rings (SSSR count). The molecule has 3 heteroatoms. The lowest BCUT2D eigenvalue weighted by atomic mass is 9.98. The summed E-state index contributed by atoms with van der Waals surface area (Å²) < 4.78 is 18.3. The molecule has 0 aliphatic heterocycles. The van der Waals surface area contributed by atoms with Gasteiger partial charge in [0.2, 0.25) is 0 Å². The van der Waals surface area contributed by atoms with Gasteiger partial charge in [0, 0.05) is 17.3 Å². The van der Waals surface area contributed by atoms with Crippen LogP contribution in [0.2, 0.25) is 0 Å². The van der Waals surface area contributed by atoms with Gasteiger partial charge in [-0.25, -0.2) is 4.39 Å². The first-order valence-electron chi connectivity index (χ1n) is 5.60. The van der Waals surface area contributed by atoms with Gasteiger partial charge in [0.05, 0.1) is 7.11 Å². The highest BCUT2D eigenvalue weighted by molar-refractivity contribution is 5.48. The van der Waals surface area contributed by atoms with E-state index >= 15 is 0 Å². The van der Waals surface area contributed by atoms with Gasteiger partial charge in [0.15, 0.2) is 11.6 Å². The fourth-order valence-electron chi connectivity index (χ4n) is 1.82. The van der Waals surface area contributed by atoms with Gasteiger partial charge in [-0.3, -0.25) is 0 Å². The fraction of sp³-hybridized carbons (Fsp3) is 0.538. The van der Waals surface area contributed by atoms with Crippen molar-refractivity contribution >= 4 is 5.69 Å². The van der Waals surface area contributed by atoms with E-state index in [2.05, 4.69) is 26.1 Å². The molecular weight excluding hydrogens is 205 g/mol. The minimum Gasteiger partial charge on any atom is -0.494 e. The van der Waals surface area contributed by atoms with Crippen molar-refractivity contribution in [1.29, 1.82) is 0 Å². The van der Waals surface area contributed by atoms with E-state index in [9.17, 15) is 4.39 Å². The number of ether oxygens (including phenoxy) is 1. The van der Waals surface area contributed by atoms with Gasteiger partial charge < -0.3 is 10.1 Å². The Bertz CT molecular complexity index is 350. The molecule has 90 valence electrons. The van der Waals surface area contributed by atoms with Crippen LogP contribution in [0.3, 0.4) is 0 Å². The highest BCUT2D eigenvalue weighted by Gasteiger charge is 2.16. The lowest BCUT2D eigenvalue weighted by molar-refractivity contribution is 0.386. The molecule has 1 aromatic rings. The largest absolute Gasteiger partial charge is 0.494 e. The van der Waals surface area contributed by atoms with E-state index in [0.717, 1.165) is 18.5 Å². The average Bonchev–Trinajstić information content (AvgIpc) is 2.17. The number of rotatable bonds is 5. The van der Waals surface area contributed by atoms with E-state index in [0.29, 0.717) is 0 Å². The lowest BCUT2D eigenvalue weighted by Gasteiger charge is -2.27. The zero-order valence-electron chi connectivity index (χ0n) is 10.4. The molecule has 1 N–H and O–H groups in total. The third-order valence-corrected chi connectivity index (χ3v) is 2.51. The summed E-state index contributed by atoms with van der Waals surface area (Å²) in [6.45, 7) is 6.36. The number of anilines is 1. The molecule has 16 heavy (non-hydrogen) atoms. The number of halogens is 1. The van der Waals surface area contributed by atoms with Crippen molar-refractivity contribution in [3.63, 3.8) is 0 Å². The van der Waals surface area contributed by atoms with E-state index in [4.69, 9.17) is 4.74 Å². The Balaban J connectivity index is 2.78. The van der Waals surface area contributed by atoms with Gasteiger partial charge >= 0.3 is 0 Å². The summed E-state index contributed by atoms with van der Waals surface area (Å²) in [4.78, 5) is 0. The molecule has 0 radical (unpaired) electrons. The minimum absolute atomic E-state index is 0.0181. The fourth-order valence-corrected chi connectivity index (χ4v) is 1.82. The molecule has 0 saturated carbocycles. The number of methoxy groups -OCH3 is 1. The van der Waals surface area contributed by atoms with E-state index in [-0.39, 0.29) is 17.1 Å². The SMILES string of the molecule is CCCC(C)(C)Nc1ccc(OC)c(F)c1. The predicted octanol–water partition coefficient (Wildman–Crippen LogP) is 3.82. The van der Waals surface area contributed by atoms with Crippen LogP contribution in [0.5, 0.6) is 5.75 Å². The normalized spacial score (nSPS) is 11.3. The molecular formula is C13H20FNO.